The molecule has 1 atom stereocenters. The van der Waals surface area contributed by atoms with E-state index in [1.165, 1.54) is 0 Å². The summed E-state index contributed by atoms with van der Waals surface area (Å²) < 4.78 is 2.24. The van der Waals surface area contributed by atoms with Crippen LogP contribution in [0.3, 0.4) is 0 Å². The summed E-state index contributed by atoms with van der Waals surface area (Å²) in [4.78, 5) is 9.07. The van der Waals surface area contributed by atoms with Gasteiger partial charge in [0.15, 0.2) is 5.65 Å². The van der Waals surface area contributed by atoms with E-state index in [1.54, 1.807) is 0 Å². The van der Waals surface area contributed by atoms with Crippen molar-refractivity contribution in [3.8, 4) is 0 Å². The number of pyridine rings is 1. The molecule has 4 heteroatoms. The van der Waals surface area contributed by atoms with Gasteiger partial charge >= 0.3 is 0 Å². The standard InChI is InChI=1S/C13H18ClN3/c1-3-5-10(2)17-12(7-8-14)16-11-6-4-9-15-13(11)17/h4,6,9-10H,3,5,7-8H2,1-2H3. The van der Waals surface area contributed by atoms with E-state index in [1.807, 2.05) is 18.3 Å². The molecule has 0 N–H and O–H groups in total. The maximum absolute atomic E-state index is 5.84. The molecule has 92 valence electrons. The number of rotatable bonds is 5. The van der Waals surface area contributed by atoms with E-state index in [4.69, 9.17) is 11.6 Å². The van der Waals surface area contributed by atoms with Gasteiger partial charge in [-0.3, -0.25) is 0 Å². The van der Waals surface area contributed by atoms with E-state index >= 15 is 0 Å². The predicted molar refractivity (Wildman–Crippen MR) is 71.6 cm³/mol. The number of imidazole rings is 1. The van der Waals surface area contributed by atoms with Gasteiger partial charge in [-0.05, 0) is 25.5 Å². The third kappa shape index (κ3) is 2.44. The van der Waals surface area contributed by atoms with Crippen LogP contribution in [-0.4, -0.2) is 20.4 Å². The summed E-state index contributed by atoms with van der Waals surface area (Å²) >= 11 is 5.84. The van der Waals surface area contributed by atoms with E-state index in [9.17, 15) is 0 Å². The molecule has 1 unspecified atom stereocenters. The second-order valence-electron chi connectivity index (χ2n) is 4.32. The van der Waals surface area contributed by atoms with E-state index < -0.39 is 0 Å². The van der Waals surface area contributed by atoms with Crippen molar-refractivity contribution in [2.24, 2.45) is 0 Å². The Bertz CT molecular complexity index is 492. The molecular formula is C13H18ClN3. The molecule has 17 heavy (non-hydrogen) atoms. The highest BCUT2D eigenvalue weighted by Crippen LogP contribution is 2.22. The Balaban J connectivity index is 2.51. The molecule has 0 aliphatic heterocycles. The van der Waals surface area contributed by atoms with Crippen LogP contribution in [0.1, 0.15) is 38.6 Å². The zero-order valence-electron chi connectivity index (χ0n) is 10.4. The monoisotopic (exact) mass is 251 g/mol. The van der Waals surface area contributed by atoms with Gasteiger partial charge in [0, 0.05) is 24.5 Å². The molecule has 3 nitrogen and oxygen atoms in total. The second kappa shape index (κ2) is 5.50. The number of alkyl halides is 1. The van der Waals surface area contributed by atoms with Crippen molar-refractivity contribution in [2.45, 2.75) is 39.2 Å². The van der Waals surface area contributed by atoms with Crippen molar-refractivity contribution in [3.05, 3.63) is 24.2 Å². The summed E-state index contributed by atoms with van der Waals surface area (Å²) in [6.07, 6.45) is 4.92. The van der Waals surface area contributed by atoms with E-state index in [2.05, 4.69) is 28.4 Å². The van der Waals surface area contributed by atoms with Gasteiger partial charge in [-0.2, -0.15) is 0 Å². The Kier molecular flexibility index (Phi) is 4.00. The van der Waals surface area contributed by atoms with Crippen molar-refractivity contribution in [1.29, 1.82) is 0 Å². The van der Waals surface area contributed by atoms with Crippen LogP contribution >= 0.6 is 11.6 Å². The number of fused-ring (bicyclic) bond motifs is 1. The van der Waals surface area contributed by atoms with Gasteiger partial charge in [0.2, 0.25) is 0 Å². The first-order valence-corrected chi connectivity index (χ1v) is 6.69. The topological polar surface area (TPSA) is 30.7 Å². The highest BCUT2D eigenvalue weighted by Gasteiger charge is 2.15. The molecule has 0 saturated heterocycles. The molecule has 0 amide bonds. The lowest BCUT2D eigenvalue weighted by Gasteiger charge is -2.15. The normalized spacial score (nSPS) is 13.1. The summed E-state index contributed by atoms with van der Waals surface area (Å²) in [5.41, 5.74) is 1.95. The SMILES string of the molecule is CCCC(C)n1c(CCCl)nc2cccnc21. The predicted octanol–water partition coefficient (Wildman–Crippen LogP) is 3.57. The van der Waals surface area contributed by atoms with Crippen LogP contribution in [0.15, 0.2) is 18.3 Å². The third-order valence-electron chi connectivity index (χ3n) is 2.99. The molecule has 0 aliphatic rings. The van der Waals surface area contributed by atoms with Crippen LogP contribution in [0.25, 0.3) is 11.2 Å². The smallest absolute Gasteiger partial charge is 0.160 e. The first kappa shape index (κ1) is 12.4. The minimum Gasteiger partial charge on any atom is -0.310 e. The molecule has 0 aliphatic carbocycles. The minimum atomic E-state index is 0.429. The highest BCUT2D eigenvalue weighted by atomic mass is 35.5. The van der Waals surface area contributed by atoms with Gasteiger partial charge in [-0.1, -0.05) is 13.3 Å². The average Bonchev–Trinajstić information content (AvgIpc) is 2.67. The number of halogens is 1. The van der Waals surface area contributed by atoms with E-state index in [0.29, 0.717) is 11.9 Å². The summed E-state index contributed by atoms with van der Waals surface area (Å²) in [5.74, 6) is 1.65. The van der Waals surface area contributed by atoms with Crippen LogP contribution < -0.4 is 0 Å². The van der Waals surface area contributed by atoms with Crippen LogP contribution in [0.5, 0.6) is 0 Å². The number of hydrogen-bond acceptors (Lipinski definition) is 2. The van der Waals surface area contributed by atoms with Crippen LogP contribution in [-0.2, 0) is 6.42 Å². The third-order valence-corrected chi connectivity index (χ3v) is 3.18. The van der Waals surface area contributed by atoms with Crippen molar-refractivity contribution in [3.63, 3.8) is 0 Å². The molecule has 0 bridgehead atoms. The fraction of sp³-hybridized carbons (Fsp3) is 0.538. The molecular weight excluding hydrogens is 234 g/mol. The molecule has 2 aromatic heterocycles. The molecule has 0 fully saturated rings. The zero-order chi connectivity index (χ0) is 12.3. The Morgan fingerprint density at radius 2 is 2.29 bits per heavy atom. The van der Waals surface area contributed by atoms with Crippen LogP contribution in [0, 0.1) is 0 Å². The Morgan fingerprint density at radius 3 is 3.00 bits per heavy atom. The maximum atomic E-state index is 5.84. The summed E-state index contributed by atoms with van der Waals surface area (Å²) in [7, 11) is 0. The lowest BCUT2D eigenvalue weighted by atomic mass is 10.2. The molecule has 2 rings (SSSR count). The fourth-order valence-corrected chi connectivity index (χ4v) is 2.42. The lowest BCUT2D eigenvalue weighted by Crippen LogP contribution is -2.10. The van der Waals surface area contributed by atoms with Gasteiger partial charge < -0.3 is 4.57 Å². The molecule has 2 aromatic rings. The van der Waals surface area contributed by atoms with Gasteiger partial charge in [-0.25, -0.2) is 9.97 Å². The molecule has 0 saturated carbocycles. The van der Waals surface area contributed by atoms with Gasteiger partial charge in [0.25, 0.3) is 0 Å². The number of aryl methyl sites for hydroxylation is 1. The fourth-order valence-electron chi connectivity index (χ4n) is 2.25. The Morgan fingerprint density at radius 1 is 1.47 bits per heavy atom. The highest BCUT2D eigenvalue weighted by molar-refractivity contribution is 6.17. The van der Waals surface area contributed by atoms with Gasteiger partial charge in [0.05, 0.1) is 0 Å². The zero-order valence-corrected chi connectivity index (χ0v) is 11.1. The largest absolute Gasteiger partial charge is 0.310 e. The molecule has 2 heterocycles. The van der Waals surface area contributed by atoms with Crippen LogP contribution in [0.4, 0.5) is 0 Å². The molecule has 0 aromatic carbocycles. The van der Waals surface area contributed by atoms with E-state index in [0.717, 1.165) is 36.3 Å². The first-order valence-electron chi connectivity index (χ1n) is 6.15. The number of nitrogens with zero attached hydrogens (tertiary/aromatic N) is 3. The molecule has 0 spiro atoms. The lowest BCUT2D eigenvalue weighted by molar-refractivity contribution is 0.493. The number of aromatic nitrogens is 3. The summed E-state index contributed by atoms with van der Waals surface area (Å²) in [6, 6.07) is 4.36. The Hall–Kier alpha value is -1.09. The molecule has 0 radical (unpaired) electrons. The summed E-state index contributed by atoms with van der Waals surface area (Å²) in [6.45, 7) is 4.42. The summed E-state index contributed by atoms with van der Waals surface area (Å²) in [5, 5.41) is 0. The van der Waals surface area contributed by atoms with Crippen LogP contribution in [0.2, 0.25) is 0 Å². The first-order chi connectivity index (χ1) is 8.27. The Labute approximate surface area is 107 Å². The average molecular weight is 252 g/mol. The van der Waals surface area contributed by atoms with Gasteiger partial charge in [-0.15, -0.1) is 11.6 Å². The van der Waals surface area contributed by atoms with Gasteiger partial charge in [0.1, 0.15) is 11.3 Å². The number of hydrogen-bond donors (Lipinski definition) is 0. The van der Waals surface area contributed by atoms with Crippen molar-refractivity contribution < 1.29 is 0 Å². The maximum Gasteiger partial charge on any atom is 0.160 e. The minimum absolute atomic E-state index is 0.429. The van der Waals surface area contributed by atoms with E-state index in [-0.39, 0.29) is 0 Å². The quantitative estimate of drug-likeness (QED) is 0.761. The van der Waals surface area contributed by atoms with Crippen molar-refractivity contribution in [2.75, 3.05) is 5.88 Å². The second-order valence-corrected chi connectivity index (χ2v) is 4.70. The van der Waals surface area contributed by atoms with Crippen molar-refractivity contribution >= 4 is 22.8 Å². The van der Waals surface area contributed by atoms with Crippen molar-refractivity contribution in [1.82, 2.24) is 14.5 Å².